The molecule has 1 aromatic rings. The second kappa shape index (κ2) is 8.73. The Hall–Kier alpha value is -1.31. The smallest absolute Gasteiger partial charge is 0.132 e. The predicted molar refractivity (Wildman–Crippen MR) is 79.8 cm³/mol. The zero-order valence-electron chi connectivity index (χ0n) is 12.5. The summed E-state index contributed by atoms with van der Waals surface area (Å²) in [5.41, 5.74) is 2.52. The topological polar surface area (TPSA) is 26.3 Å². The highest BCUT2D eigenvalue weighted by Crippen LogP contribution is 2.21. The van der Waals surface area contributed by atoms with Gasteiger partial charge in [-0.1, -0.05) is 25.5 Å². The average Bonchev–Trinajstić information content (AvgIpc) is 2.41. The van der Waals surface area contributed by atoms with Crippen LogP contribution in [0.15, 0.2) is 18.2 Å². The van der Waals surface area contributed by atoms with Crippen LogP contribution in [0.5, 0.6) is 5.75 Å². The van der Waals surface area contributed by atoms with Gasteiger partial charge in [0.1, 0.15) is 11.5 Å². The molecule has 106 valence electrons. The minimum absolute atomic E-state index is 0.383. The maximum atomic E-state index is 11.2. The van der Waals surface area contributed by atoms with Crippen molar-refractivity contribution in [3.05, 3.63) is 29.3 Å². The van der Waals surface area contributed by atoms with Crippen LogP contribution in [0.2, 0.25) is 0 Å². The van der Waals surface area contributed by atoms with Gasteiger partial charge >= 0.3 is 0 Å². The molecule has 1 rings (SSSR count). The van der Waals surface area contributed by atoms with E-state index in [9.17, 15) is 4.79 Å². The number of carbonyl (C=O) groups excluding carboxylic acids is 1. The van der Waals surface area contributed by atoms with E-state index in [1.165, 1.54) is 11.1 Å². The fourth-order valence-electron chi connectivity index (χ4n) is 2.12. The fraction of sp³-hybridized carbons (Fsp3) is 0.588. The molecule has 0 spiro atoms. The van der Waals surface area contributed by atoms with E-state index in [0.717, 1.165) is 37.9 Å². The van der Waals surface area contributed by atoms with Crippen LogP contribution in [0.1, 0.15) is 57.1 Å². The first kappa shape index (κ1) is 15.7. The number of hydrogen-bond acceptors (Lipinski definition) is 2. The van der Waals surface area contributed by atoms with Crippen LogP contribution in [0, 0.1) is 6.92 Å². The van der Waals surface area contributed by atoms with Crippen molar-refractivity contribution in [2.75, 3.05) is 6.61 Å². The molecule has 0 saturated heterocycles. The zero-order chi connectivity index (χ0) is 14.1. The van der Waals surface area contributed by atoms with E-state index in [4.69, 9.17) is 4.74 Å². The Bertz CT molecular complexity index is 396. The van der Waals surface area contributed by atoms with Crippen molar-refractivity contribution in [1.29, 1.82) is 0 Å². The van der Waals surface area contributed by atoms with Crippen molar-refractivity contribution in [2.24, 2.45) is 0 Å². The van der Waals surface area contributed by atoms with Gasteiger partial charge in [0.2, 0.25) is 0 Å². The lowest BCUT2D eigenvalue weighted by Crippen LogP contribution is -1.96. The monoisotopic (exact) mass is 262 g/mol. The van der Waals surface area contributed by atoms with Gasteiger partial charge in [-0.25, -0.2) is 0 Å². The predicted octanol–water partition coefficient (Wildman–Crippen LogP) is 4.48. The van der Waals surface area contributed by atoms with Crippen LogP contribution in [-0.2, 0) is 11.2 Å². The SMILES string of the molecule is CCOc1cc(CCCCCC(=O)CC)ccc1C. The molecule has 0 bridgehead atoms. The van der Waals surface area contributed by atoms with Gasteiger partial charge in [0.05, 0.1) is 6.61 Å². The zero-order valence-corrected chi connectivity index (χ0v) is 12.5. The first-order valence-electron chi connectivity index (χ1n) is 7.41. The third-order valence-electron chi connectivity index (χ3n) is 3.37. The van der Waals surface area contributed by atoms with Crippen LogP contribution >= 0.6 is 0 Å². The molecule has 1 aromatic carbocycles. The summed E-state index contributed by atoms with van der Waals surface area (Å²) in [4.78, 5) is 11.2. The van der Waals surface area contributed by atoms with E-state index < -0.39 is 0 Å². The first-order valence-corrected chi connectivity index (χ1v) is 7.41. The lowest BCUT2D eigenvalue weighted by Gasteiger charge is -2.09. The minimum Gasteiger partial charge on any atom is -0.494 e. The lowest BCUT2D eigenvalue weighted by molar-refractivity contribution is -0.118. The quantitative estimate of drug-likeness (QED) is 0.613. The third kappa shape index (κ3) is 5.91. The van der Waals surface area contributed by atoms with Crippen molar-refractivity contribution < 1.29 is 9.53 Å². The highest BCUT2D eigenvalue weighted by atomic mass is 16.5. The Kier molecular flexibility index (Phi) is 7.24. The molecule has 0 aliphatic rings. The van der Waals surface area contributed by atoms with Crippen molar-refractivity contribution >= 4 is 5.78 Å². The van der Waals surface area contributed by atoms with Gasteiger partial charge in [0.25, 0.3) is 0 Å². The number of carbonyl (C=O) groups is 1. The van der Waals surface area contributed by atoms with Crippen molar-refractivity contribution in [1.82, 2.24) is 0 Å². The summed E-state index contributed by atoms with van der Waals surface area (Å²) < 4.78 is 5.61. The molecular formula is C17H26O2. The Balaban J connectivity index is 2.33. The molecule has 19 heavy (non-hydrogen) atoms. The summed E-state index contributed by atoms with van der Waals surface area (Å²) in [5.74, 6) is 1.38. The highest BCUT2D eigenvalue weighted by molar-refractivity contribution is 5.77. The molecule has 0 amide bonds. The van der Waals surface area contributed by atoms with Gasteiger partial charge in [-0.15, -0.1) is 0 Å². The summed E-state index contributed by atoms with van der Waals surface area (Å²) in [7, 11) is 0. The van der Waals surface area contributed by atoms with Gasteiger partial charge in [0, 0.05) is 12.8 Å². The molecule has 0 unspecified atom stereocenters. The van der Waals surface area contributed by atoms with E-state index in [1.54, 1.807) is 0 Å². The van der Waals surface area contributed by atoms with E-state index in [1.807, 2.05) is 13.8 Å². The van der Waals surface area contributed by atoms with Gasteiger partial charge in [0.15, 0.2) is 0 Å². The van der Waals surface area contributed by atoms with Crippen molar-refractivity contribution in [3.8, 4) is 5.75 Å². The van der Waals surface area contributed by atoms with Crippen molar-refractivity contribution in [3.63, 3.8) is 0 Å². The van der Waals surface area contributed by atoms with Gasteiger partial charge < -0.3 is 4.74 Å². The average molecular weight is 262 g/mol. The Morgan fingerprint density at radius 2 is 1.95 bits per heavy atom. The van der Waals surface area contributed by atoms with Gasteiger partial charge in [-0.2, -0.15) is 0 Å². The molecule has 0 aliphatic heterocycles. The Labute approximate surface area is 117 Å². The molecule has 2 heteroatoms. The molecule has 0 aliphatic carbocycles. The summed E-state index contributed by atoms with van der Waals surface area (Å²) in [6.07, 6.45) is 5.79. The number of aryl methyl sites for hydroxylation is 2. The number of Topliss-reactive ketones (excluding diaryl/α,β-unsaturated/α-hetero) is 1. The molecule has 0 N–H and O–H groups in total. The van der Waals surface area contributed by atoms with E-state index in [2.05, 4.69) is 25.1 Å². The standard InChI is InChI=1S/C17H26O2/c1-4-16(18)10-8-6-7-9-15-12-11-14(3)17(13-15)19-5-2/h11-13H,4-10H2,1-3H3. The summed E-state index contributed by atoms with van der Waals surface area (Å²) in [6, 6.07) is 6.45. The lowest BCUT2D eigenvalue weighted by atomic mass is 10.0. The molecule has 0 aromatic heterocycles. The van der Waals surface area contributed by atoms with E-state index in [-0.39, 0.29) is 0 Å². The Morgan fingerprint density at radius 1 is 1.16 bits per heavy atom. The van der Waals surface area contributed by atoms with E-state index in [0.29, 0.717) is 18.8 Å². The maximum Gasteiger partial charge on any atom is 0.132 e. The van der Waals surface area contributed by atoms with Gasteiger partial charge in [-0.05, 0) is 50.3 Å². The number of hydrogen-bond donors (Lipinski definition) is 0. The normalized spacial score (nSPS) is 10.5. The summed E-state index contributed by atoms with van der Waals surface area (Å²) >= 11 is 0. The largest absolute Gasteiger partial charge is 0.494 e. The van der Waals surface area contributed by atoms with Crippen LogP contribution in [0.25, 0.3) is 0 Å². The number of unbranched alkanes of at least 4 members (excludes halogenated alkanes) is 2. The molecule has 0 radical (unpaired) electrons. The number of ether oxygens (including phenoxy) is 1. The van der Waals surface area contributed by atoms with Crippen LogP contribution < -0.4 is 4.74 Å². The van der Waals surface area contributed by atoms with Gasteiger partial charge in [-0.3, -0.25) is 4.79 Å². The second-order valence-corrected chi connectivity index (χ2v) is 4.99. The molecule has 0 fully saturated rings. The Morgan fingerprint density at radius 3 is 2.63 bits per heavy atom. The molecular weight excluding hydrogens is 236 g/mol. The molecule has 0 heterocycles. The third-order valence-corrected chi connectivity index (χ3v) is 3.37. The molecule has 0 saturated carbocycles. The highest BCUT2D eigenvalue weighted by Gasteiger charge is 2.02. The molecule has 2 nitrogen and oxygen atoms in total. The van der Waals surface area contributed by atoms with E-state index >= 15 is 0 Å². The minimum atomic E-state index is 0.383. The number of rotatable bonds is 9. The summed E-state index contributed by atoms with van der Waals surface area (Å²) in [6.45, 7) is 6.73. The van der Waals surface area contributed by atoms with Crippen LogP contribution in [0.3, 0.4) is 0 Å². The number of ketones is 1. The second-order valence-electron chi connectivity index (χ2n) is 4.99. The van der Waals surface area contributed by atoms with Crippen LogP contribution in [-0.4, -0.2) is 12.4 Å². The molecule has 0 atom stereocenters. The number of benzene rings is 1. The maximum absolute atomic E-state index is 11.2. The fourth-order valence-corrected chi connectivity index (χ4v) is 2.12. The first-order chi connectivity index (χ1) is 9.17. The van der Waals surface area contributed by atoms with Crippen molar-refractivity contribution in [2.45, 2.75) is 59.3 Å². The van der Waals surface area contributed by atoms with Crippen LogP contribution in [0.4, 0.5) is 0 Å². The summed E-state index contributed by atoms with van der Waals surface area (Å²) in [5, 5.41) is 0.